The molecule has 1 aromatic carbocycles. The van der Waals surface area contributed by atoms with Crippen LogP contribution in [0.5, 0.6) is 0 Å². The van der Waals surface area contributed by atoms with Gasteiger partial charge in [-0.15, -0.1) is 5.10 Å². The van der Waals surface area contributed by atoms with Crippen molar-refractivity contribution in [2.75, 3.05) is 16.3 Å². The van der Waals surface area contributed by atoms with Crippen LogP contribution in [0.2, 0.25) is 0 Å². The number of aromatic nitrogens is 4. The second-order valence-electron chi connectivity index (χ2n) is 4.71. The molecule has 3 rings (SSSR count). The summed E-state index contributed by atoms with van der Waals surface area (Å²) in [6.07, 6.45) is 2.34. The van der Waals surface area contributed by atoms with Crippen molar-refractivity contribution in [2.45, 2.75) is 6.54 Å². The van der Waals surface area contributed by atoms with Crippen molar-refractivity contribution < 1.29 is 13.2 Å². The molecular formula is C12H12N6O3S2. The maximum absolute atomic E-state index is 12.0. The first-order valence-corrected chi connectivity index (χ1v) is 9.13. The molecule has 23 heavy (non-hydrogen) atoms. The number of sulfonamides is 1. The van der Waals surface area contributed by atoms with E-state index in [2.05, 4.69) is 25.3 Å². The van der Waals surface area contributed by atoms with Gasteiger partial charge in [0.15, 0.2) is 10.9 Å². The number of nitrogens with zero attached hydrogens (tertiary/aromatic N) is 4. The van der Waals surface area contributed by atoms with E-state index < -0.39 is 10.0 Å². The molecule has 0 aliphatic carbocycles. The number of fused-ring (bicyclic) bond motifs is 1. The molecule has 3 aromatic rings. The van der Waals surface area contributed by atoms with Gasteiger partial charge in [0.25, 0.3) is 0 Å². The highest BCUT2D eigenvalue weighted by Gasteiger charge is 2.11. The monoisotopic (exact) mass is 352 g/mol. The number of para-hydroxylation sites is 1. The summed E-state index contributed by atoms with van der Waals surface area (Å²) in [4.78, 5) is 16.3. The SMILES string of the molecule is CS(=O)(=O)Nc1cn(CC(=O)Nc2nc3ccccc3s2)nn1. The van der Waals surface area contributed by atoms with E-state index in [9.17, 15) is 13.2 Å². The number of hydrogen-bond donors (Lipinski definition) is 2. The number of benzene rings is 1. The minimum absolute atomic E-state index is 0.0558. The standard InChI is InChI=1S/C12H12N6O3S2/c1-23(20,21)16-10-6-18(17-15-10)7-11(19)14-12-13-8-4-2-3-5-9(8)22-12/h2-6,16H,7H2,1H3,(H,13,14,19). The van der Waals surface area contributed by atoms with Crippen LogP contribution in [0.1, 0.15) is 0 Å². The van der Waals surface area contributed by atoms with Gasteiger partial charge in [0.2, 0.25) is 15.9 Å². The molecule has 0 saturated heterocycles. The summed E-state index contributed by atoms with van der Waals surface area (Å²) in [6, 6.07) is 7.56. The Kier molecular flexibility index (Phi) is 3.96. The number of carbonyl (C=O) groups is 1. The number of carbonyl (C=O) groups excluding carboxylic acids is 1. The van der Waals surface area contributed by atoms with Gasteiger partial charge >= 0.3 is 0 Å². The normalized spacial score (nSPS) is 11.5. The summed E-state index contributed by atoms with van der Waals surface area (Å²) in [5, 5.41) is 10.5. The van der Waals surface area contributed by atoms with Crippen molar-refractivity contribution in [1.29, 1.82) is 0 Å². The molecule has 9 nitrogen and oxygen atoms in total. The van der Waals surface area contributed by atoms with Crippen LogP contribution in [-0.4, -0.2) is 40.6 Å². The largest absolute Gasteiger partial charge is 0.300 e. The summed E-state index contributed by atoms with van der Waals surface area (Å²) in [6.45, 7) is -0.103. The van der Waals surface area contributed by atoms with Crippen molar-refractivity contribution in [2.24, 2.45) is 0 Å². The Hall–Kier alpha value is -2.53. The number of rotatable bonds is 5. The number of anilines is 2. The highest BCUT2D eigenvalue weighted by molar-refractivity contribution is 7.92. The summed E-state index contributed by atoms with van der Waals surface area (Å²) < 4.78 is 26.6. The molecule has 0 unspecified atom stereocenters. The third-order valence-corrected chi connectivity index (χ3v) is 4.21. The van der Waals surface area contributed by atoms with E-state index in [1.165, 1.54) is 22.2 Å². The lowest BCUT2D eigenvalue weighted by Crippen LogP contribution is -2.19. The number of hydrogen-bond acceptors (Lipinski definition) is 7. The second-order valence-corrected chi connectivity index (χ2v) is 7.49. The van der Waals surface area contributed by atoms with E-state index in [-0.39, 0.29) is 18.3 Å². The van der Waals surface area contributed by atoms with Crippen molar-refractivity contribution >= 4 is 48.4 Å². The van der Waals surface area contributed by atoms with E-state index in [1.807, 2.05) is 24.3 Å². The fraction of sp³-hybridized carbons (Fsp3) is 0.167. The van der Waals surface area contributed by atoms with Gasteiger partial charge in [-0.3, -0.25) is 9.52 Å². The Morgan fingerprint density at radius 1 is 1.35 bits per heavy atom. The van der Waals surface area contributed by atoms with Crippen LogP contribution in [0.15, 0.2) is 30.5 Å². The van der Waals surface area contributed by atoms with Gasteiger partial charge in [-0.05, 0) is 12.1 Å². The van der Waals surface area contributed by atoms with Crippen molar-refractivity contribution in [1.82, 2.24) is 20.0 Å². The lowest BCUT2D eigenvalue weighted by molar-refractivity contribution is -0.116. The topological polar surface area (TPSA) is 119 Å². The maximum Gasteiger partial charge on any atom is 0.247 e. The number of thiazole rings is 1. The van der Waals surface area contributed by atoms with Crippen molar-refractivity contribution in [3.8, 4) is 0 Å². The van der Waals surface area contributed by atoms with Gasteiger partial charge in [-0.2, -0.15) is 0 Å². The Morgan fingerprint density at radius 3 is 2.87 bits per heavy atom. The predicted molar refractivity (Wildman–Crippen MR) is 86.7 cm³/mol. The molecule has 0 atom stereocenters. The average Bonchev–Trinajstić information content (AvgIpc) is 3.02. The summed E-state index contributed by atoms with van der Waals surface area (Å²) in [5.41, 5.74) is 0.813. The van der Waals surface area contributed by atoms with E-state index >= 15 is 0 Å². The molecular weight excluding hydrogens is 340 g/mol. The maximum atomic E-state index is 12.0. The summed E-state index contributed by atoms with van der Waals surface area (Å²) >= 11 is 1.37. The lowest BCUT2D eigenvalue weighted by atomic mass is 10.3. The number of amides is 1. The Labute approximate surface area is 135 Å². The van der Waals surface area contributed by atoms with E-state index in [0.717, 1.165) is 16.5 Å². The first-order valence-electron chi connectivity index (χ1n) is 6.42. The molecule has 0 aliphatic heterocycles. The fourth-order valence-electron chi connectivity index (χ4n) is 1.84. The predicted octanol–water partition coefficient (Wildman–Crippen LogP) is 0.898. The second kappa shape index (κ2) is 5.93. The van der Waals surface area contributed by atoms with Gasteiger partial charge < -0.3 is 5.32 Å². The molecule has 0 radical (unpaired) electrons. The zero-order valence-corrected chi connectivity index (χ0v) is 13.6. The first-order chi connectivity index (χ1) is 10.9. The molecule has 120 valence electrons. The number of nitrogens with one attached hydrogen (secondary N) is 2. The molecule has 0 saturated carbocycles. The van der Waals surface area contributed by atoms with Crippen molar-refractivity contribution in [3.63, 3.8) is 0 Å². The molecule has 2 N–H and O–H groups in total. The van der Waals surface area contributed by atoms with Gasteiger partial charge in [0, 0.05) is 0 Å². The van der Waals surface area contributed by atoms with E-state index in [0.29, 0.717) is 5.13 Å². The highest BCUT2D eigenvalue weighted by Crippen LogP contribution is 2.25. The van der Waals surface area contributed by atoms with Crippen LogP contribution in [0, 0.1) is 0 Å². The fourth-order valence-corrected chi connectivity index (χ4v) is 3.20. The van der Waals surface area contributed by atoms with E-state index in [1.54, 1.807) is 0 Å². The third kappa shape index (κ3) is 4.02. The molecule has 0 bridgehead atoms. The van der Waals surface area contributed by atoms with Gasteiger partial charge in [0.1, 0.15) is 6.54 Å². The summed E-state index contributed by atoms with van der Waals surface area (Å²) in [7, 11) is -3.43. The first kappa shape index (κ1) is 15.4. The van der Waals surface area contributed by atoms with Crippen molar-refractivity contribution in [3.05, 3.63) is 30.5 Å². The molecule has 11 heteroatoms. The lowest BCUT2D eigenvalue weighted by Gasteiger charge is -2.00. The van der Waals surface area contributed by atoms with Gasteiger partial charge in [-0.25, -0.2) is 18.1 Å². The molecule has 0 spiro atoms. The zero-order valence-electron chi connectivity index (χ0n) is 11.9. The minimum Gasteiger partial charge on any atom is -0.300 e. The van der Waals surface area contributed by atoms with Crippen LogP contribution in [0.25, 0.3) is 10.2 Å². The molecule has 2 heterocycles. The Morgan fingerprint density at radius 2 is 2.13 bits per heavy atom. The van der Waals surface area contributed by atoms with Crippen LogP contribution in [0.4, 0.5) is 10.9 Å². The molecule has 1 amide bonds. The molecule has 0 aliphatic rings. The minimum atomic E-state index is -3.43. The van der Waals surface area contributed by atoms with Gasteiger partial charge in [0.05, 0.1) is 22.7 Å². The molecule has 0 fully saturated rings. The van der Waals surface area contributed by atoms with Crippen LogP contribution >= 0.6 is 11.3 Å². The van der Waals surface area contributed by atoms with Crippen LogP contribution in [-0.2, 0) is 21.4 Å². The van der Waals surface area contributed by atoms with Gasteiger partial charge in [-0.1, -0.05) is 28.7 Å². The highest BCUT2D eigenvalue weighted by atomic mass is 32.2. The van der Waals surface area contributed by atoms with Crippen LogP contribution in [0.3, 0.4) is 0 Å². The Balaban J connectivity index is 1.65. The zero-order chi connectivity index (χ0) is 16.4. The average molecular weight is 352 g/mol. The quantitative estimate of drug-likeness (QED) is 0.704. The third-order valence-electron chi connectivity index (χ3n) is 2.67. The van der Waals surface area contributed by atoms with Crippen LogP contribution < -0.4 is 10.0 Å². The smallest absolute Gasteiger partial charge is 0.247 e. The summed E-state index contributed by atoms with van der Waals surface area (Å²) in [5.74, 6) is -0.278. The Bertz CT molecular complexity index is 929. The van der Waals surface area contributed by atoms with E-state index in [4.69, 9.17) is 0 Å². The molecule has 2 aromatic heterocycles.